The number of rotatable bonds is 9. The Morgan fingerprint density at radius 3 is 2.84 bits per heavy atom. The maximum Gasteiger partial charge on any atom is 0.387 e. The molecule has 0 radical (unpaired) electrons. The van der Waals surface area contributed by atoms with Gasteiger partial charge in [0.15, 0.2) is 18.1 Å². The molecule has 166 valence electrons. The van der Waals surface area contributed by atoms with Crippen molar-refractivity contribution >= 4 is 5.97 Å². The van der Waals surface area contributed by atoms with Crippen LogP contribution in [-0.2, 0) is 17.9 Å². The molecule has 4 aromatic rings. The Labute approximate surface area is 179 Å². The summed E-state index contributed by atoms with van der Waals surface area (Å²) in [7, 11) is 1.31. The molecule has 32 heavy (non-hydrogen) atoms. The maximum absolute atomic E-state index is 12.5. The van der Waals surface area contributed by atoms with Crippen molar-refractivity contribution in [3.63, 3.8) is 0 Å². The average molecular weight is 446 g/mol. The van der Waals surface area contributed by atoms with Crippen LogP contribution in [0.5, 0.6) is 11.5 Å². The zero-order valence-corrected chi connectivity index (χ0v) is 16.6. The molecule has 0 spiro atoms. The molecule has 12 heteroatoms. The van der Waals surface area contributed by atoms with Crippen molar-refractivity contribution in [2.45, 2.75) is 19.8 Å². The standard InChI is InChI=1S/C20H16F2N4O6/c1-28-16-9-12(3-5-14(16)31-20(21)22)18-24-17(32-25-18)11-29-19(27)15-6-4-13(30-15)10-26-8-2-7-23-26/h2-9,20H,10-11H2,1H3. The third-order valence-corrected chi connectivity index (χ3v) is 4.17. The fourth-order valence-corrected chi connectivity index (χ4v) is 2.76. The van der Waals surface area contributed by atoms with Gasteiger partial charge < -0.3 is 23.2 Å². The van der Waals surface area contributed by atoms with Crippen molar-refractivity contribution in [2.75, 3.05) is 7.11 Å². The summed E-state index contributed by atoms with van der Waals surface area (Å²) >= 11 is 0. The lowest BCUT2D eigenvalue weighted by Crippen LogP contribution is -2.04. The molecule has 0 fully saturated rings. The highest BCUT2D eigenvalue weighted by Gasteiger charge is 2.17. The van der Waals surface area contributed by atoms with Gasteiger partial charge in [-0.25, -0.2) is 4.79 Å². The van der Waals surface area contributed by atoms with E-state index in [-0.39, 0.29) is 35.6 Å². The highest BCUT2D eigenvalue weighted by molar-refractivity contribution is 5.86. The number of esters is 1. The smallest absolute Gasteiger partial charge is 0.387 e. The summed E-state index contributed by atoms with van der Waals surface area (Å²) in [5.41, 5.74) is 0.430. The number of furan rings is 1. The van der Waals surface area contributed by atoms with Crippen molar-refractivity contribution in [3.8, 4) is 22.9 Å². The van der Waals surface area contributed by atoms with Gasteiger partial charge in [0.1, 0.15) is 5.76 Å². The Morgan fingerprint density at radius 2 is 2.09 bits per heavy atom. The predicted molar refractivity (Wildman–Crippen MR) is 102 cm³/mol. The molecule has 0 saturated heterocycles. The van der Waals surface area contributed by atoms with Crippen LogP contribution in [0.2, 0.25) is 0 Å². The molecule has 0 amide bonds. The first-order valence-corrected chi connectivity index (χ1v) is 9.21. The number of hydrogen-bond donors (Lipinski definition) is 0. The second-order valence-electron chi connectivity index (χ2n) is 6.30. The second kappa shape index (κ2) is 9.29. The number of nitrogens with zero attached hydrogens (tertiary/aromatic N) is 4. The SMILES string of the molecule is COc1cc(-c2noc(COC(=O)c3ccc(Cn4cccn4)o3)n2)ccc1OC(F)F. The first-order chi connectivity index (χ1) is 15.5. The van der Waals surface area contributed by atoms with Crippen LogP contribution in [-0.4, -0.2) is 39.6 Å². The van der Waals surface area contributed by atoms with Crippen LogP contribution in [0.15, 0.2) is 57.7 Å². The van der Waals surface area contributed by atoms with Gasteiger partial charge in [0, 0.05) is 18.0 Å². The van der Waals surface area contributed by atoms with E-state index in [1.54, 1.807) is 29.2 Å². The number of halogens is 2. The summed E-state index contributed by atoms with van der Waals surface area (Å²) in [5, 5.41) is 7.86. The molecule has 0 aliphatic rings. The molecule has 10 nitrogen and oxygen atoms in total. The molecular weight excluding hydrogens is 430 g/mol. The van der Waals surface area contributed by atoms with Crippen LogP contribution in [0.25, 0.3) is 11.4 Å². The minimum atomic E-state index is -2.99. The van der Waals surface area contributed by atoms with E-state index in [9.17, 15) is 13.6 Å². The maximum atomic E-state index is 12.5. The molecule has 0 bridgehead atoms. The summed E-state index contributed by atoms with van der Waals surface area (Å²) in [6, 6.07) is 9.10. The number of methoxy groups -OCH3 is 1. The normalized spacial score (nSPS) is 11.0. The summed E-state index contributed by atoms with van der Waals surface area (Å²) in [4.78, 5) is 16.3. The van der Waals surface area contributed by atoms with Gasteiger partial charge in [-0.1, -0.05) is 5.16 Å². The van der Waals surface area contributed by atoms with E-state index in [4.69, 9.17) is 18.4 Å². The number of benzene rings is 1. The monoisotopic (exact) mass is 446 g/mol. The molecule has 0 saturated carbocycles. The van der Waals surface area contributed by atoms with Gasteiger partial charge in [-0.05, 0) is 36.4 Å². The molecule has 0 unspecified atom stereocenters. The van der Waals surface area contributed by atoms with Gasteiger partial charge >= 0.3 is 12.6 Å². The Morgan fingerprint density at radius 1 is 1.22 bits per heavy atom. The molecule has 1 aromatic carbocycles. The van der Waals surface area contributed by atoms with Crippen LogP contribution in [0.4, 0.5) is 8.78 Å². The van der Waals surface area contributed by atoms with Gasteiger partial charge in [0.05, 0.1) is 13.7 Å². The Balaban J connectivity index is 1.37. The van der Waals surface area contributed by atoms with Crippen molar-refractivity contribution < 1.29 is 36.7 Å². The summed E-state index contributed by atoms with van der Waals surface area (Å²) in [6.07, 6.45) is 3.40. The molecular formula is C20H16F2N4O6. The second-order valence-corrected chi connectivity index (χ2v) is 6.30. The lowest BCUT2D eigenvalue weighted by atomic mass is 10.2. The molecule has 3 heterocycles. The third-order valence-electron chi connectivity index (χ3n) is 4.17. The van der Waals surface area contributed by atoms with E-state index >= 15 is 0 Å². The van der Waals surface area contributed by atoms with Crippen LogP contribution >= 0.6 is 0 Å². The number of carbonyl (C=O) groups is 1. The largest absolute Gasteiger partial charge is 0.493 e. The predicted octanol–water partition coefficient (Wildman–Crippen LogP) is 3.54. The quantitative estimate of drug-likeness (QED) is 0.356. The highest BCUT2D eigenvalue weighted by atomic mass is 19.3. The van der Waals surface area contributed by atoms with Gasteiger partial charge in [-0.2, -0.15) is 18.9 Å². The Hall–Kier alpha value is -4.22. The number of hydrogen-bond acceptors (Lipinski definition) is 9. The van der Waals surface area contributed by atoms with Crippen molar-refractivity contribution in [3.05, 3.63) is 66.2 Å². The Bertz CT molecular complexity index is 1190. The molecule has 0 aliphatic heterocycles. The zero-order chi connectivity index (χ0) is 22.5. The highest BCUT2D eigenvalue weighted by Crippen LogP contribution is 2.32. The number of aromatic nitrogens is 4. The minimum Gasteiger partial charge on any atom is -0.493 e. The zero-order valence-electron chi connectivity index (χ0n) is 16.6. The molecule has 0 atom stereocenters. The van der Waals surface area contributed by atoms with E-state index in [0.29, 0.717) is 17.9 Å². The van der Waals surface area contributed by atoms with Gasteiger partial charge in [0.25, 0.3) is 5.89 Å². The van der Waals surface area contributed by atoms with E-state index in [1.807, 2.05) is 0 Å². The summed E-state index contributed by atoms with van der Waals surface area (Å²) < 4.78 is 51.7. The molecule has 0 aliphatic carbocycles. The first-order valence-electron chi connectivity index (χ1n) is 9.21. The lowest BCUT2D eigenvalue weighted by Gasteiger charge is -2.10. The minimum absolute atomic E-state index is 0.0197. The van der Waals surface area contributed by atoms with E-state index in [1.165, 1.54) is 31.4 Å². The summed E-state index contributed by atoms with van der Waals surface area (Å²) in [6.45, 7) is -2.90. The van der Waals surface area contributed by atoms with Crippen LogP contribution in [0, 0.1) is 0 Å². The van der Waals surface area contributed by atoms with Crippen LogP contribution in [0.3, 0.4) is 0 Å². The van der Waals surface area contributed by atoms with Crippen molar-refractivity contribution in [1.29, 1.82) is 0 Å². The van der Waals surface area contributed by atoms with Crippen LogP contribution < -0.4 is 9.47 Å². The summed E-state index contributed by atoms with van der Waals surface area (Å²) in [5.74, 6) is -0.0218. The van der Waals surface area contributed by atoms with Gasteiger partial charge in [-0.3, -0.25) is 4.68 Å². The van der Waals surface area contributed by atoms with E-state index < -0.39 is 12.6 Å². The van der Waals surface area contributed by atoms with Gasteiger partial charge in [-0.15, -0.1) is 0 Å². The van der Waals surface area contributed by atoms with E-state index in [0.717, 1.165) is 0 Å². The number of alkyl halides is 2. The van der Waals surface area contributed by atoms with Crippen LogP contribution in [0.1, 0.15) is 22.2 Å². The number of ether oxygens (including phenoxy) is 3. The lowest BCUT2D eigenvalue weighted by molar-refractivity contribution is -0.0512. The Kier molecular flexibility index (Phi) is 6.10. The van der Waals surface area contributed by atoms with Crippen molar-refractivity contribution in [1.82, 2.24) is 19.9 Å². The molecule has 0 N–H and O–H groups in total. The fourth-order valence-electron chi connectivity index (χ4n) is 2.76. The molecule has 3 aromatic heterocycles. The molecule has 4 rings (SSSR count). The van der Waals surface area contributed by atoms with E-state index in [2.05, 4.69) is 20.0 Å². The van der Waals surface area contributed by atoms with Crippen molar-refractivity contribution in [2.24, 2.45) is 0 Å². The fraction of sp³-hybridized carbons (Fsp3) is 0.200. The first kappa shape index (κ1) is 21.0. The number of carbonyl (C=O) groups excluding carboxylic acids is 1. The third kappa shape index (κ3) is 4.91. The average Bonchev–Trinajstić information content (AvgIpc) is 3.54. The van der Waals surface area contributed by atoms with Gasteiger partial charge in [0.2, 0.25) is 11.6 Å². The topological polar surface area (TPSA) is 115 Å².